The zero-order valence-corrected chi connectivity index (χ0v) is 17.4. The molecule has 160 valence electrons. The average Bonchev–Trinajstić information content (AvgIpc) is 3.29. The summed E-state index contributed by atoms with van der Waals surface area (Å²) in [6.07, 6.45) is 12.9. The third-order valence-electron chi connectivity index (χ3n) is 6.59. The Morgan fingerprint density at radius 2 is 2.31 bits per heavy atom. The quantitative estimate of drug-likeness (QED) is 0.475. The lowest BCUT2D eigenvalue weighted by atomic mass is 9.63. The van der Waals surface area contributed by atoms with Gasteiger partial charge in [0.2, 0.25) is 5.91 Å². The SMILES string of the molecule is CCC1([C@@H](O)CC=C[C@H]2CCC(=O)N2CCCc2nc(C(=O)OC)co2)CCC1. The van der Waals surface area contributed by atoms with Gasteiger partial charge in [0.25, 0.3) is 0 Å². The van der Waals surface area contributed by atoms with Gasteiger partial charge in [-0.1, -0.05) is 25.5 Å². The van der Waals surface area contributed by atoms with E-state index in [0.717, 1.165) is 25.7 Å². The van der Waals surface area contributed by atoms with E-state index in [2.05, 4.69) is 22.7 Å². The van der Waals surface area contributed by atoms with Crippen molar-refractivity contribution >= 4 is 11.9 Å². The van der Waals surface area contributed by atoms with Crippen LogP contribution in [0.5, 0.6) is 0 Å². The van der Waals surface area contributed by atoms with Crippen LogP contribution >= 0.6 is 0 Å². The molecule has 1 saturated heterocycles. The molecule has 0 radical (unpaired) electrons. The van der Waals surface area contributed by atoms with Crippen LogP contribution in [-0.4, -0.2) is 52.7 Å². The first-order valence-corrected chi connectivity index (χ1v) is 10.7. The van der Waals surface area contributed by atoms with Crippen LogP contribution in [0.1, 0.15) is 74.7 Å². The average molecular weight is 405 g/mol. The van der Waals surface area contributed by atoms with E-state index in [-0.39, 0.29) is 29.2 Å². The number of aryl methyl sites for hydroxylation is 1. The number of aliphatic hydroxyl groups is 1. The minimum absolute atomic E-state index is 0.0869. The van der Waals surface area contributed by atoms with Crippen LogP contribution in [-0.2, 0) is 16.0 Å². The molecule has 1 aliphatic heterocycles. The number of carbonyl (C=O) groups excluding carboxylic acids is 2. The predicted octanol–water partition coefficient (Wildman–Crippen LogP) is 3.27. The summed E-state index contributed by atoms with van der Waals surface area (Å²) in [6, 6.07) is 0.0869. The number of aromatic nitrogens is 1. The Morgan fingerprint density at radius 1 is 1.52 bits per heavy atom. The maximum absolute atomic E-state index is 12.3. The molecule has 1 saturated carbocycles. The molecule has 1 N–H and O–H groups in total. The van der Waals surface area contributed by atoms with Crippen LogP contribution in [0.4, 0.5) is 0 Å². The molecule has 1 aliphatic carbocycles. The molecule has 3 rings (SSSR count). The van der Waals surface area contributed by atoms with Crippen molar-refractivity contribution in [2.75, 3.05) is 13.7 Å². The number of nitrogens with zero attached hydrogens (tertiary/aromatic N) is 2. The van der Waals surface area contributed by atoms with E-state index in [1.807, 2.05) is 11.0 Å². The molecular formula is C22H32N2O5. The van der Waals surface area contributed by atoms with E-state index < -0.39 is 5.97 Å². The number of likely N-dealkylation sites (tertiary alicyclic amines) is 1. The Balaban J connectivity index is 1.47. The minimum atomic E-state index is -0.520. The molecular weight excluding hydrogens is 372 g/mol. The van der Waals surface area contributed by atoms with Crippen LogP contribution in [0.15, 0.2) is 22.8 Å². The Morgan fingerprint density at radius 3 is 2.97 bits per heavy atom. The Labute approximate surface area is 172 Å². The van der Waals surface area contributed by atoms with E-state index >= 15 is 0 Å². The van der Waals surface area contributed by atoms with E-state index in [0.29, 0.717) is 38.1 Å². The van der Waals surface area contributed by atoms with Gasteiger partial charge in [-0.05, 0) is 43.9 Å². The van der Waals surface area contributed by atoms with Crippen LogP contribution in [0.2, 0.25) is 0 Å². The van der Waals surface area contributed by atoms with Gasteiger partial charge in [0, 0.05) is 19.4 Å². The molecule has 7 heteroatoms. The van der Waals surface area contributed by atoms with Gasteiger partial charge in [-0.2, -0.15) is 0 Å². The minimum Gasteiger partial charge on any atom is -0.464 e. The largest absolute Gasteiger partial charge is 0.464 e. The van der Waals surface area contributed by atoms with Crippen LogP contribution in [0, 0.1) is 5.41 Å². The van der Waals surface area contributed by atoms with Crippen molar-refractivity contribution < 1.29 is 23.8 Å². The number of aliphatic hydroxyl groups excluding tert-OH is 1. The van der Waals surface area contributed by atoms with Crippen LogP contribution < -0.4 is 0 Å². The summed E-state index contributed by atoms with van der Waals surface area (Å²) in [5.41, 5.74) is 0.268. The standard InChI is InChI=1S/C22H32N2O5/c1-3-22(12-6-13-22)18(25)8-4-7-16-10-11-20(26)24(16)14-5-9-19-23-17(15-29-19)21(27)28-2/h4,7,15-16,18,25H,3,5-6,8-14H2,1-2H3/t16-,18-/m0/s1. The molecule has 0 aromatic carbocycles. The summed E-state index contributed by atoms with van der Waals surface area (Å²) in [5.74, 6) is 0.110. The summed E-state index contributed by atoms with van der Waals surface area (Å²) in [5, 5.41) is 10.6. The second-order valence-corrected chi connectivity index (χ2v) is 8.16. The number of ether oxygens (including phenoxy) is 1. The highest BCUT2D eigenvalue weighted by atomic mass is 16.5. The van der Waals surface area contributed by atoms with Crippen molar-refractivity contribution in [1.29, 1.82) is 0 Å². The van der Waals surface area contributed by atoms with E-state index in [1.54, 1.807) is 0 Å². The van der Waals surface area contributed by atoms with E-state index in [9.17, 15) is 14.7 Å². The molecule has 2 fully saturated rings. The molecule has 2 aliphatic rings. The molecule has 7 nitrogen and oxygen atoms in total. The van der Waals surface area contributed by atoms with Gasteiger partial charge in [0.05, 0.1) is 19.3 Å². The maximum Gasteiger partial charge on any atom is 0.360 e. The number of esters is 1. The fraction of sp³-hybridized carbons (Fsp3) is 0.682. The molecule has 0 spiro atoms. The topological polar surface area (TPSA) is 92.9 Å². The van der Waals surface area contributed by atoms with Crippen molar-refractivity contribution in [3.63, 3.8) is 0 Å². The summed E-state index contributed by atoms with van der Waals surface area (Å²) >= 11 is 0. The van der Waals surface area contributed by atoms with Gasteiger partial charge in [-0.15, -0.1) is 0 Å². The van der Waals surface area contributed by atoms with Crippen LogP contribution in [0.3, 0.4) is 0 Å². The van der Waals surface area contributed by atoms with E-state index in [1.165, 1.54) is 19.8 Å². The van der Waals surface area contributed by atoms with Crippen molar-refractivity contribution in [1.82, 2.24) is 9.88 Å². The van der Waals surface area contributed by atoms with Crippen molar-refractivity contribution in [2.24, 2.45) is 5.41 Å². The number of hydrogen-bond acceptors (Lipinski definition) is 6. The number of oxazole rings is 1. The van der Waals surface area contributed by atoms with E-state index in [4.69, 9.17) is 4.42 Å². The highest BCUT2D eigenvalue weighted by Crippen LogP contribution is 2.47. The molecule has 1 aromatic rings. The highest BCUT2D eigenvalue weighted by molar-refractivity contribution is 5.86. The summed E-state index contributed by atoms with van der Waals surface area (Å²) in [7, 11) is 1.30. The third-order valence-corrected chi connectivity index (χ3v) is 6.59. The highest BCUT2D eigenvalue weighted by Gasteiger charge is 2.41. The fourth-order valence-corrected chi connectivity index (χ4v) is 4.44. The van der Waals surface area contributed by atoms with Crippen molar-refractivity contribution in [3.05, 3.63) is 30.0 Å². The number of rotatable bonds is 10. The second-order valence-electron chi connectivity index (χ2n) is 8.16. The number of amides is 1. The second kappa shape index (κ2) is 9.57. The number of carbonyl (C=O) groups is 2. The Bertz CT molecular complexity index is 732. The molecule has 29 heavy (non-hydrogen) atoms. The predicted molar refractivity (Wildman–Crippen MR) is 107 cm³/mol. The lowest BCUT2D eigenvalue weighted by Crippen LogP contribution is -2.40. The third kappa shape index (κ3) is 4.89. The zero-order chi connectivity index (χ0) is 20.9. The lowest BCUT2D eigenvalue weighted by Gasteiger charge is -2.45. The number of methoxy groups -OCH3 is 1. The molecule has 0 unspecified atom stereocenters. The summed E-state index contributed by atoms with van der Waals surface area (Å²) in [4.78, 5) is 29.7. The number of hydrogen-bond donors (Lipinski definition) is 1. The fourth-order valence-electron chi connectivity index (χ4n) is 4.44. The van der Waals surface area contributed by atoms with Crippen molar-refractivity contribution in [3.8, 4) is 0 Å². The first-order chi connectivity index (χ1) is 14.0. The summed E-state index contributed by atoms with van der Waals surface area (Å²) in [6.45, 7) is 2.77. The molecule has 2 atom stereocenters. The molecule has 1 amide bonds. The van der Waals surface area contributed by atoms with Gasteiger partial charge in [-0.25, -0.2) is 9.78 Å². The van der Waals surface area contributed by atoms with Gasteiger partial charge in [-0.3, -0.25) is 4.79 Å². The van der Waals surface area contributed by atoms with Crippen LogP contribution in [0.25, 0.3) is 0 Å². The first kappa shape index (κ1) is 21.6. The lowest BCUT2D eigenvalue weighted by molar-refractivity contribution is -0.128. The zero-order valence-electron chi connectivity index (χ0n) is 17.4. The first-order valence-electron chi connectivity index (χ1n) is 10.7. The van der Waals surface area contributed by atoms with Gasteiger partial charge < -0.3 is 19.2 Å². The monoisotopic (exact) mass is 404 g/mol. The Hall–Kier alpha value is -2.15. The summed E-state index contributed by atoms with van der Waals surface area (Å²) < 4.78 is 9.92. The van der Waals surface area contributed by atoms with Gasteiger partial charge >= 0.3 is 5.97 Å². The maximum atomic E-state index is 12.3. The molecule has 1 aromatic heterocycles. The van der Waals surface area contributed by atoms with Crippen molar-refractivity contribution in [2.45, 2.75) is 76.9 Å². The normalized spacial score (nSPS) is 22.1. The smallest absolute Gasteiger partial charge is 0.360 e. The molecule has 2 heterocycles. The Kier molecular flexibility index (Phi) is 7.11. The van der Waals surface area contributed by atoms with Gasteiger partial charge in [0.15, 0.2) is 11.6 Å². The molecule has 0 bridgehead atoms. The van der Waals surface area contributed by atoms with Gasteiger partial charge in [0.1, 0.15) is 6.26 Å².